The number of hydrogen-bond acceptors (Lipinski definition) is 4. The van der Waals surface area contributed by atoms with Gasteiger partial charge >= 0.3 is 0 Å². The molecule has 1 aliphatic heterocycles. The van der Waals surface area contributed by atoms with Crippen molar-refractivity contribution in [2.24, 2.45) is 5.84 Å². The van der Waals surface area contributed by atoms with Gasteiger partial charge in [0, 0.05) is 13.2 Å². The number of carbonyl (C=O) groups excluding carboxylic acids is 1. The van der Waals surface area contributed by atoms with Gasteiger partial charge in [-0.05, 0) is 26.7 Å². The average Bonchev–Trinajstić information content (AvgIpc) is 2.66. The van der Waals surface area contributed by atoms with Crippen LogP contribution < -0.4 is 16.6 Å². The van der Waals surface area contributed by atoms with Gasteiger partial charge in [0.2, 0.25) is 0 Å². The second kappa shape index (κ2) is 4.72. The minimum atomic E-state index is -0.638. The van der Waals surface area contributed by atoms with Gasteiger partial charge in [-0.1, -0.05) is 0 Å². The van der Waals surface area contributed by atoms with E-state index in [1.54, 1.807) is 13.8 Å². The molecule has 0 saturated carbocycles. The third kappa shape index (κ3) is 2.94. The van der Waals surface area contributed by atoms with Gasteiger partial charge in [0.15, 0.2) is 0 Å². The number of amides is 1. The molecule has 0 bridgehead atoms. The fraction of sp³-hybridized carbons (Fsp3) is 0.889. The van der Waals surface area contributed by atoms with Crippen molar-refractivity contribution in [2.45, 2.75) is 38.3 Å². The van der Waals surface area contributed by atoms with E-state index < -0.39 is 5.54 Å². The first-order valence-electron chi connectivity index (χ1n) is 4.94. The third-order valence-corrected chi connectivity index (χ3v) is 2.49. The Morgan fingerprint density at radius 1 is 1.64 bits per heavy atom. The van der Waals surface area contributed by atoms with Crippen LogP contribution in [0.2, 0.25) is 0 Å². The van der Waals surface area contributed by atoms with Gasteiger partial charge < -0.3 is 10.1 Å². The van der Waals surface area contributed by atoms with E-state index in [4.69, 9.17) is 10.6 Å². The monoisotopic (exact) mass is 201 g/mol. The van der Waals surface area contributed by atoms with Crippen molar-refractivity contribution in [1.82, 2.24) is 10.7 Å². The Bertz CT molecular complexity index is 200. The predicted octanol–water partition coefficient (Wildman–Crippen LogP) is -0.476. The molecule has 0 spiro atoms. The van der Waals surface area contributed by atoms with Crippen molar-refractivity contribution < 1.29 is 9.53 Å². The highest BCUT2D eigenvalue weighted by Crippen LogP contribution is 2.12. The number of rotatable bonds is 4. The Balaban J connectivity index is 2.31. The summed E-state index contributed by atoms with van der Waals surface area (Å²) in [6.07, 6.45) is 2.41. The summed E-state index contributed by atoms with van der Waals surface area (Å²) in [5.41, 5.74) is 1.50. The van der Waals surface area contributed by atoms with E-state index in [0.29, 0.717) is 6.54 Å². The Kier molecular flexibility index (Phi) is 3.86. The third-order valence-electron chi connectivity index (χ3n) is 2.49. The average molecular weight is 201 g/mol. The van der Waals surface area contributed by atoms with Crippen LogP contribution in [0.4, 0.5) is 0 Å². The number of carbonyl (C=O) groups is 1. The summed E-state index contributed by atoms with van der Waals surface area (Å²) < 4.78 is 5.44. The van der Waals surface area contributed by atoms with Gasteiger partial charge in [-0.3, -0.25) is 10.2 Å². The first-order chi connectivity index (χ1) is 6.56. The number of ether oxygens (including phenoxy) is 1. The lowest BCUT2D eigenvalue weighted by Crippen LogP contribution is -2.55. The number of hydrogen-bond donors (Lipinski definition) is 3. The van der Waals surface area contributed by atoms with Crippen molar-refractivity contribution in [3.05, 3.63) is 0 Å². The van der Waals surface area contributed by atoms with E-state index in [1.807, 2.05) is 0 Å². The van der Waals surface area contributed by atoms with Crippen LogP contribution in [0.1, 0.15) is 26.7 Å². The molecule has 1 aliphatic rings. The molecular weight excluding hydrogens is 182 g/mol. The van der Waals surface area contributed by atoms with Crippen LogP contribution in [-0.4, -0.2) is 30.7 Å². The van der Waals surface area contributed by atoms with Crippen LogP contribution >= 0.6 is 0 Å². The lowest BCUT2D eigenvalue weighted by atomic mass is 10.0. The van der Waals surface area contributed by atoms with E-state index in [9.17, 15) is 4.79 Å². The summed E-state index contributed by atoms with van der Waals surface area (Å²) in [4.78, 5) is 11.3. The largest absolute Gasteiger partial charge is 0.377 e. The molecule has 0 aliphatic carbocycles. The maximum atomic E-state index is 11.3. The molecule has 1 atom stereocenters. The summed E-state index contributed by atoms with van der Waals surface area (Å²) in [7, 11) is 0. The summed E-state index contributed by atoms with van der Waals surface area (Å²) >= 11 is 0. The topological polar surface area (TPSA) is 76.4 Å². The van der Waals surface area contributed by atoms with Crippen LogP contribution in [0.15, 0.2) is 0 Å². The second-order valence-electron chi connectivity index (χ2n) is 4.11. The molecule has 0 aromatic rings. The standard InChI is InChI=1S/C9H19N3O2/c1-9(2,8(13)12-10)11-6-7-4-3-5-14-7/h7,11H,3-6,10H2,1-2H3,(H,12,13)/t7-/m0/s1. The van der Waals surface area contributed by atoms with Gasteiger partial charge in [-0.25, -0.2) is 5.84 Å². The number of hydrazine groups is 1. The van der Waals surface area contributed by atoms with Crippen molar-refractivity contribution >= 4 is 5.91 Å². The summed E-state index contributed by atoms with van der Waals surface area (Å²) in [5.74, 6) is 4.86. The van der Waals surface area contributed by atoms with E-state index >= 15 is 0 Å². The molecule has 1 heterocycles. The van der Waals surface area contributed by atoms with Gasteiger partial charge in [0.25, 0.3) is 5.91 Å². The first kappa shape index (κ1) is 11.4. The molecule has 0 unspecified atom stereocenters. The van der Waals surface area contributed by atoms with Crippen LogP contribution in [0.5, 0.6) is 0 Å². The Hall–Kier alpha value is -0.650. The van der Waals surface area contributed by atoms with E-state index in [1.165, 1.54) is 0 Å². The molecule has 5 nitrogen and oxygen atoms in total. The van der Waals surface area contributed by atoms with Crippen LogP contribution in [0.3, 0.4) is 0 Å². The van der Waals surface area contributed by atoms with Gasteiger partial charge in [0.05, 0.1) is 11.6 Å². The molecule has 4 N–H and O–H groups in total. The molecule has 5 heteroatoms. The highest BCUT2D eigenvalue weighted by Gasteiger charge is 2.27. The van der Waals surface area contributed by atoms with E-state index in [0.717, 1.165) is 19.4 Å². The summed E-state index contributed by atoms with van der Waals surface area (Å²) in [6, 6.07) is 0. The van der Waals surface area contributed by atoms with Crippen LogP contribution in [-0.2, 0) is 9.53 Å². The molecule has 1 saturated heterocycles. The molecule has 0 radical (unpaired) electrons. The molecule has 1 fully saturated rings. The van der Waals surface area contributed by atoms with Crippen LogP contribution in [0.25, 0.3) is 0 Å². The lowest BCUT2D eigenvalue weighted by molar-refractivity contribution is -0.126. The fourth-order valence-corrected chi connectivity index (χ4v) is 1.44. The summed E-state index contributed by atoms with van der Waals surface area (Å²) in [6.45, 7) is 5.12. The second-order valence-corrected chi connectivity index (χ2v) is 4.11. The zero-order valence-corrected chi connectivity index (χ0v) is 8.80. The number of nitrogens with one attached hydrogen (secondary N) is 2. The number of nitrogens with two attached hydrogens (primary N) is 1. The van der Waals surface area contributed by atoms with E-state index in [-0.39, 0.29) is 12.0 Å². The van der Waals surface area contributed by atoms with Gasteiger partial charge in [-0.15, -0.1) is 0 Å². The highest BCUT2D eigenvalue weighted by molar-refractivity contribution is 5.84. The smallest absolute Gasteiger partial charge is 0.253 e. The normalized spacial score (nSPS) is 22.4. The Morgan fingerprint density at radius 2 is 2.36 bits per heavy atom. The van der Waals surface area contributed by atoms with Gasteiger partial charge in [0.1, 0.15) is 0 Å². The molecule has 82 valence electrons. The minimum absolute atomic E-state index is 0.213. The van der Waals surface area contributed by atoms with Crippen LogP contribution in [0, 0.1) is 0 Å². The lowest BCUT2D eigenvalue weighted by Gasteiger charge is -2.25. The fourth-order valence-electron chi connectivity index (χ4n) is 1.44. The minimum Gasteiger partial charge on any atom is -0.377 e. The maximum absolute atomic E-state index is 11.3. The predicted molar refractivity (Wildman–Crippen MR) is 53.4 cm³/mol. The molecule has 0 aromatic carbocycles. The molecule has 1 amide bonds. The summed E-state index contributed by atoms with van der Waals surface area (Å²) in [5, 5.41) is 3.13. The van der Waals surface area contributed by atoms with Crippen molar-refractivity contribution in [3.8, 4) is 0 Å². The highest BCUT2D eigenvalue weighted by atomic mass is 16.5. The molecule has 1 rings (SSSR count). The zero-order valence-electron chi connectivity index (χ0n) is 8.80. The Labute approximate surface area is 84.3 Å². The van der Waals surface area contributed by atoms with E-state index in [2.05, 4.69) is 10.7 Å². The molecular formula is C9H19N3O2. The maximum Gasteiger partial charge on any atom is 0.253 e. The quantitative estimate of drug-likeness (QED) is 0.326. The van der Waals surface area contributed by atoms with Crippen molar-refractivity contribution in [1.29, 1.82) is 0 Å². The first-order valence-corrected chi connectivity index (χ1v) is 4.94. The SMILES string of the molecule is CC(C)(NC[C@@H]1CCCO1)C(=O)NN. The van der Waals surface area contributed by atoms with Gasteiger partial charge in [-0.2, -0.15) is 0 Å². The Morgan fingerprint density at radius 3 is 2.86 bits per heavy atom. The molecule has 0 aromatic heterocycles. The van der Waals surface area contributed by atoms with Crippen molar-refractivity contribution in [2.75, 3.05) is 13.2 Å². The van der Waals surface area contributed by atoms with Crippen molar-refractivity contribution in [3.63, 3.8) is 0 Å². The molecule has 14 heavy (non-hydrogen) atoms. The zero-order chi connectivity index (χ0) is 10.6.